The molecule has 6 rings (SSSR count). The molecule has 2 aliphatic heterocycles. The van der Waals surface area contributed by atoms with E-state index in [4.69, 9.17) is 4.42 Å². The maximum Gasteiger partial charge on any atom is 0.135 e. The lowest BCUT2D eigenvalue weighted by Gasteiger charge is -2.58. The molecule has 1 saturated carbocycles. The Morgan fingerprint density at radius 3 is 2.54 bits per heavy atom. The van der Waals surface area contributed by atoms with Gasteiger partial charge in [-0.05, 0) is 76.1 Å². The first-order valence-corrected chi connectivity index (χ1v) is 9.28. The molecule has 2 nitrogen and oxygen atoms in total. The van der Waals surface area contributed by atoms with E-state index in [9.17, 15) is 0 Å². The normalized spacial score (nSPS) is 29.7. The van der Waals surface area contributed by atoms with Crippen molar-refractivity contribution >= 4 is 27.6 Å². The van der Waals surface area contributed by atoms with E-state index in [0.717, 1.165) is 17.1 Å². The number of rotatable bonds is 1. The molecule has 0 unspecified atom stereocenters. The summed E-state index contributed by atoms with van der Waals surface area (Å²) in [4.78, 5) is 2.74. The Morgan fingerprint density at radius 1 is 1.04 bits per heavy atom. The molecule has 3 aliphatic rings. The molecule has 0 spiro atoms. The van der Waals surface area contributed by atoms with Crippen LogP contribution < -0.4 is 4.90 Å². The number of aryl methyl sites for hydroxylation is 1. The smallest absolute Gasteiger partial charge is 0.135 e. The van der Waals surface area contributed by atoms with E-state index in [0.29, 0.717) is 11.6 Å². The monoisotopic (exact) mass is 319 g/mol. The predicted octanol–water partition coefficient (Wildman–Crippen LogP) is 6.05. The number of hydrogen-bond donors (Lipinski definition) is 0. The van der Waals surface area contributed by atoms with Gasteiger partial charge in [-0.1, -0.05) is 18.2 Å². The first-order chi connectivity index (χ1) is 11.6. The second kappa shape index (κ2) is 4.78. The highest BCUT2D eigenvalue weighted by Gasteiger charge is 2.47. The highest BCUT2D eigenvalue weighted by Crippen LogP contribution is 2.50. The fourth-order valence-electron chi connectivity index (χ4n) is 5.32. The Morgan fingerprint density at radius 2 is 1.79 bits per heavy atom. The Labute approximate surface area is 143 Å². The number of benzene rings is 2. The van der Waals surface area contributed by atoms with Crippen molar-refractivity contribution in [2.45, 2.75) is 58.0 Å². The van der Waals surface area contributed by atoms with Gasteiger partial charge in [0.25, 0.3) is 0 Å². The van der Waals surface area contributed by atoms with Gasteiger partial charge in [-0.2, -0.15) is 0 Å². The molecule has 1 aliphatic carbocycles. The van der Waals surface area contributed by atoms with Crippen molar-refractivity contribution in [3.63, 3.8) is 0 Å². The van der Waals surface area contributed by atoms with Crippen molar-refractivity contribution in [3.05, 3.63) is 42.0 Å². The average molecular weight is 319 g/mol. The Balaban J connectivity index is 1.74. The summed E-state index contributed by atoms with van der Waals surface area (Å²) < 4.78 is 6.07. The van der Waals surface area contributed by atoms with Gasteiger partial charge < -0.3 is 9.32 Å². The highest BCUT2D eigenvalue weighted by molar-refractivity contribution is 6.06. The summed E-state index contributed by atoms with van der Waals surface area (Å²) in [5.41, 5.74) is 5.06. The summed E-state index contributed by atoms with van der Waals surface area (Å²) in [5.74, 6) is 0.850. The number of anilines is 1. The fourth-order valence-corrected chi connectivity index (χ4v) is 5.32. The Kier molecular flexibility index (Phi) is 2.87. The first-order valence-electron chi connectivity index (χ1n) is 9.28. The highest BCUT2D eigenvalue weighted by atomic mass is 16.3. The summed E-state index contributed by atoms with van der Waals surface area (Å²) in [6.45, 7) is 7.13. The maximum atomic E-state index is 6.07. The van der Waals surface area contributed by atoms with Gasteiger partial charge in [0.05, 0.1) is 0 Å². The summed E-state index contributed by atoms with van der Waals surface area (Å²) in [7, 11) is 0. The summed E-state index contributed by atoms with van der Waals surface area (Å²) in [6.07, 6.45) is 5.44. The zero-order valence-corrected chi connectivity index (χ0v) is 14.8. The molecule has 1 aromatic heterocycles. The van der Waals surface area contributed by atoms with Crippen molar-refractivity contribution in [2.24, 2.45) is 5.92 Å². The van der Waals surface area contributed by atoms with Crippen LogP contribution in [0.1, 0.15) is 45.1 Å². The standard InChI is InChI=1S/C22H25NO/c1-14-12-21-18(17-6-4-5-7-20(17)24-21)13-19(14)23-15(2)16-8-10-22(23,3)11-9-16/h4-7,12-13,15-16H,8-11H2,1-3H3/t15-,16?,22?/m0/s1. The largest absolute Gasteiger partial charge is 0.456 e. The molecule has 3 heterocycles. The van der Waals surface area contributed by atoms with Crippen molar-refractivity contribution in [1.82, 2.24) is 0 Å². The van der Waals surface area contributed by atoms with E-state index in [-0.39, 0.29) is 0 Å². The zero-order chi connectivity index (χ0) is 16.5. The number of fused-ring (bicyclic) bond motifs is 6. The van der Waals surface area contributed by atoms with Crippen LogP contribution in [0.4, 0.5) is 5.69 Å². The topological polar surface area (TPSA) is 16.4 Å². The van der Waals surface area contributed by atoms with Crippen LogP contribution in [0.3, 0.4) is 0 Å². The summed E-state index contributed by atoms with van der Waals surface area (Å²) >= 11 is 0. The third-order valence-corrected chi connectivity index (χ3v) is 6.73. The zero-order valence-electron chi connectivity index (χ0n) is 14.8. The van der Waals surface area contributed by atoms with E-state index in [1.54, 1.807) is 0 Å². The molecule has 2 aromatic carbocycles. The van der Waals surface area contributed by atoms with Gasteiger partial charge in [-0.3, -0.25) is 0 Å². The number of piperidine rings is 2. The van der Waals surface area contributed by atoms with Crippen molar-refractivity contribution < 1.29 is 4.42 Å². The van der Waals surface area contributed by atoms with E-state index in [1.807, 2.05) is 6.07 Å². The van der Waals surface area contributed by atoms with Gasteiger partial charge in [-0.25, -0.2) is 0 Å². The molecule has 2 bridgehead atoms. The Hall–Kier alpha value is -1.96. The first kappa shape index (κ1) is 14.4. The third kappa shape index (κ3) is 1.83. The minimum absolute atomic E-state index is 0.312. The molecule has 0 radical (unpaired) electrons. The minimum Gasteiger partial charge on any atom is -0.456 e. The fraction of sp³-hybridized carbons (Fsp3) is 0.455. The quantitative estimate of drug-likeness (QED) is 0.542. The molecule has 0 amide bonds. The molecule has 3 fully saturated rings. The second-order valence-corrected chi connectivity index (χ2v) is 8.18. The minimum atomic E-state index is 0.312. The molecule has 124 valence electrons. The van der Waals surface area contributed by atoms with Crippen LogP contribution in [-0.2, 0) is 0 Å². The lowest BCUT2D eigenvalue weighted by atomic mass is 9.67. The summed E-state index contributed by atoms with van der Waals surface area (Å²) in [5, 5.41) is 2.48. The van der Waals surface area contributed by atoms with Gasteiger partial charge in [-0.15, -0.1) is 0 Å². The van der Waals surface area contributed by atoms with E-state index in [2.05, 4.69) is 56.0 Å². The van der Waals surface area contributed by atoms with E-state index in [1.165, 1.54) is 47.7 Å². The number of para-hydroxylation sites is 1. The summed E-state index contributed by atoms with van der Waals surface area (Å²) in [6, 6.07) is 13.6. The molecule has 3 aromatic rings. The van der Waals surface area contributed by atoms with Crippen LogP contribution in [0.15, 0.2) is 40.8 Å². The molecular weight excluding hydrogens is 294 g/mol. The lowest BCUT2D eigenvalue weighted by Crippen LogP contribution is -2.61. The molecule has 24 heavy (non-hydrogen) atoms. The number of nitrogens with zero attached hydrogens (tertiary/aromatic N) is 1. The van der Waals surface area contributed by atoms with Gasteiger partial charge in [0.2, 0.25) is 0 Å². The van der Waals surface area contributed by atoms with E-state index >= 15 is 0 Å². The average Bonchev–Trinajstić information content (AvgIpc) is 2.92. The van der Waals surface area contributed by atoms with Crippen LogP contribution in [0.2, 0.25) is 0 Å². The van der Waals surface area contributed by atoms with Gasteiger partial charge >= 0.3 is 0 Å². The predicted molar refractivity (Wildman–Crippen MR) is 101 cm³/mol. The maximum absolute atomic E-state index is 6.07. The van der Waals surface area contributed by atoms with Crippen LogP contribution in [0.5, 0.6) is 0 Å². The molecule has 1 atom stereocenters. The third-order valence-electron chi connectivity index (χ3n) is 6.73. The number of hydrogen-bond acceptors (Lipinski definition) is 2. The Bertz CT molecular complexity index is 930. The molecule has 0 N–H and O–H groups in total. The van der Waals surface area contributed by atoms with Crippen molar-refractivity contribution in [2.75, 3.05) is 4.90 Å². The second-order valence-electron chi connectivity index (χ2n) is 8.18. The van der Waals surface area contributed by atoms with Crippen LogP contribution >= 0.6 is 0 Å². The van der Waals surface area contributed by atoms with Crippen LogP contribution in [0.25, 0.3) is 21.9 Å². The number of furan rings is 1. The molecule has 2 saturated heterocycles. The van der Waals surface area contributed by atoms with Crippen LogP contribution in [0, 0.1) is 12.8 Å². The van der Waals surface area contributed by atoms with Gasteiger partial charge in [0.15, 0.2) is 0 Å². The van der Waals surface area contributed by atoms with Crippen LogP contribution in [-0.4, -0.2) is 11.6 Å². The van der Waals surface area contributed by atoms with Gasteiger partial charge in [0, 0.05) is 28.0 Å². The lowest BCUT2D eigenvalue weighted by molar-refractivity contribution is 0.134. The van der Waals surface area contributed by atoms with Crippen molar-refractivity contribution in [3.8, 4) is 0 Å². The van der Waals surface area contributed by atoms with E-state index < -0.39 is 0 Å². The molecule has 2 heteroatoms. The van der Waals surface area contributed by atoms with Crippen molar-refractivity contribution in [1.29, 1.82) is 0 Å². The SMILES string of the molecule is Cc1cc2oc3ccccc3c2cc1N1[C@@H](C)C2CCC1(C)CC2. The van der Waals surface area contributed by atoms with Gasteiger partial charge in [0.1, 0.15) is 11.2 Å². The molecular formula is C22H25NO.